The molecule has 0 aromatic heterocycles. The number of fused-ring (bicyclic) bond motifs is 1. The smallest absolute Gasteiger partial charge is 0.268 e. The molecule has 0 bridgehead atoms. The van der Waals surface area contributed by atoms with Crippen molar-refractivity contribution in [1.82, 2.24) is 5.32 Å². The Labute approximate surface area is 106 Å². The van der Waals surface area contributed by atoms with Crippen LogP contribution in [0, 0.1) is 0 Å². The van der Waals surface area contributed by atoms with Crippen molar-refractivity contribution in [2.24, 2.45) is 0 Å². The van der Waals surface area contributed by atoms with E-state index in [9.17, 15) is 4.79 Å². The van der Waals surface area contributed by atoms with Gasteiger partial charge in [-0.15, -0.1) is 11.6 Å². The fourth-order valence-electron chi connectivity index (χ4n) is 1.89. The lowest BCUT2D eigenvalue weighted by molar-refractivity contribution is -0.125. The summed E-state index contributed by atoms with van der Waals surface area (Å²) in [6, 6.07) is 5.93. The minimum absolute atomic E-state index is 0.103. The number of rotatable bonds is 3. The van der Waals surface area contributed by atoms with Gasteiger partial charge >= 0.3 is 0 Å². The lowest BCUT2D eigenvalue weighted by Gasteiger charge is -2.31. The molecule has 1 heterocycles. The van der Waals surface area contributed by atoms with Crippen LogP contribution in [0.3, 0.4) is 0 Å². The SMILES string of the molecule is CNCc1ccc2c(c1)N(CCl)C(=O)C(C)O2. The van der Waals surface area contributed by atoms with Crippen molar-refractivity contribution < 1.29 is 9.53 Å². The van der Waals surface area contributed by atoms with Crippen molar-refractivity contribution in [3.05, 3.63) is 23.8 Å². The number of amides is 1. The zero-order valence-electron chi connectivity index (χ0n) is 9.87. The summed E-state index contributed by atoms with van der Waals surface area (Å²) in [6.07, 6.45) is -0.476. The standard InChI is InChI=1S/C12H15ClN2O2/c1-8-12(16)15(7-13)10-5-9(6-14-2)3-4-11(10)17-8/h3-5,8,14H,6-7H2,1-2H3. The first-order valence-electron chi connectivity index (χ1n) is 5.49. The molecule has 0 aliphatic carbocycles. The summed E-state index contributed by atoms with van der Waals surface area (Å²) in [5.74, 6) is 0.603. The summed E-state index contributed by atoms with van der Waals surface area (Å²) in [5.41, 5.74) is 1.84. The van der Waals surface area contributed by atoms with Crippen LogP contribution in [0.15, 0.2) is 18.2 Å². The van der Waals surface area contributed by atoms with Crippen molar-refractivity contribution in [3.63, 3.8) is 0 Å². The molecule has 5 heteroatoms. The van der Waals surface area contributed by atoms with E-state index in [2.05, 4.69) is 5.32 Å². The average Bonchev–Trinajstić information content (AvgIpc) is 2.32. The maximum atomic E-state index is 11.9. The number of anilines is 1. The lowest BCUT2D eigenvalue weighted by atomic mass is 10.1. The van der Waals surface area contributed by atoms with Gasteiger partial charge < -0.3 is 10.1 Å². The van der Waals surface area contributed by atoms with Gasteiger partial charge in [0.05, 0.1) is 5.69 Å². The van der Waals surface area contributed by atoms with E-state index in [0.29, 0.717) is 5.75 Å². The molecule has 17 heavy (non-hydrogen) atoms. The molecular weight excluding hydrogens is 240 g/mol. The van der Waals surface area contributed by atoms with E-state index in [1.165, 1.54) is 0 Å². The van der Waals surface area contributed by atoms with Gasteiger partial charge in [-0.2, -0.15) is 0 Å². The molecular formula is C12H15ClN2O2. The Morgan fingerprint density at radius 1 is 1.53 bits per heavy atom. The quantitative estimate of drug-likeness (QED) is 0.660. The number of nitrogens with zero attached hydrogens (tertiary/aromatic N) is 1. The summed E-state index contributed by atoms with van der Waals surface area (Å²) in [7, 11) is 1.88. The van der Waals surface area contributed by atoms with Crippen molar-refractivity contribution in [3.8, 4) is 5.75 Å². The van der Waals surface area contributed by atoms with Gasteiger partial charge in [0.15, 0.2) is 6.10 Å². The van der Waals surface area contributed by atoms with Gasteiger partial charge in [-0.25, -0.2) is 0 Å². The molecule has 0 fully saturated rings. The third kappa shape index (κ3) is 2.23. The highest BCUT2D eigenvalue weighted by Crippen LogP contribution is 2.35. The largest absolute Gasteiger partial charge is 0.479 e. The number of ether oxygens (including phenoxy) is 1. The third-order valence-corrected chi connectivity index (χ3v) is 2.97. The molecule has 0 spiro atoms. The summed E-state index contributed by atoms with van der Waals surface area (Å²) in [4.78, 5) is 13.4. The minimum Gasteiger partial charge on any atom is -0.479 e. The highest BCUT2D eigenvalue weighted by atomic mass is 35.5. The second kappa shape index (κ2) is 4.94. The monoisotopic (exact) mass is 254 g/mol. The molecule has 1 aromatic rings. The number of carbonyl (C=O) groups is 1. The summed E-state index contributed by atoms with van der Waals surface area (Å²) < 4.78 is 5.54. The molecule has 1 aromatic carbocycles. The van der Waals surface area contributed by atoms with Gasteiger partial charge in [0, 0.05) is 6.54 Å². The second-order valence-electron chi connectivity index (χ2n) is 3.98. The zero-order valence-corrected chi connectivity index (χ0v) is 10.6. The predicted octanol–water partition coefficient (Wildman–Crippen LogP) is 1.72. The number of hydrogen-bond donors (Lipinski definition) is 1. The van der Waals surface area contributed by atoms with Crippen LogP contribution in [0.1, 0.15) is 12.5 Å². The average molecular weight is 255 g/mol. The molecule has 2 rings (SSSR count). The Morgan fingerprint density at radius 3 is 2.94 bits per heavy atom. The summed E-state index contributed by atoms with van der Waals surface area (Å²) >= 11 is 5.83. The molecule has 0 radical (unpaired) electrons. The number of nitrogens with one attached hydrogen (secondary N) is 1. The normalized spacial score (nSPS) is 18.9. The van der Waals surface area contributed by atoms with Crippen molar-refractivity contribution >= 4 is 23.2 Å². The number of carbonyl (C=O) groups excluding carboxylic acids is 1. The fourth-order valence-corrected chi connectivity index (χ4v) is 2.14. The molecule has 0 saturated heterocycles. The van der Waals surface area contributed by atoms with Gasteiger partial charge in [-0.3, -0.25) is 9.69 Å². The van der Waals surface area contributed by atoms with Crippen LogP contribution >= 0.6 is 11.6 Å². The topological polar surface area (TPSA) is 41.6 Å². The molecule has 1 aliphatic rings. The highest BCUT2D eigenvalue weighted by molar-refractivity contribution is 6.22. The molecule has 92 valence electrons. The van der Waals surface area contributed by atoms with Crippen molar-refractivity contribution in [2.45, 2.75) is 19.6 Å². The maximum absolute atomic E-state index is 11.9. The van der Waals surface area contributed by atoms with E-state index in [4.69, 9.17) is 16.3 Å². The number of hydrogen-bond acceptors (Lipinski definition) is 3. The number of alkyl halides is 1. The van der Waals surface area contributed by atoms with E-state index in [-0.39, 0.29) is 11.9 Å². The summed E-state index contributed by atoms with van der Waals surface area (Å²) in [5, 5.41) is 3.07. The minimum atomic E-state index is -0.476. The Morgan fingerprint density at radius 2 is 2.29 bits per heavy atom. The Bertz CT molecular complexity index is 437. The van der Waals surface area contributed by atoms with Gasteiger partial charge in [0.1, 0.15) is 11.8 Å². The predicted molar refractivity (Wildman–Crippen MR) is 67.5 cm³/mol. The second-order valence-corrected chi connectivity index (χ2v) is 4.22. The molecule has 4 nitrogen and oxygen atoms in total. The molecule has 0 saturated carbocycles. The Balaban J connectivity index is 2.41. The fraction of sp³-hybridized carbons (Fsp3) is 0.417. The van der Waals surface area contributed by atoms with Crippen LogP contribution in [0.2, 0.25) is 0 Å². The molecule has 1 atom stereocenters. The van der Waals surface area contributed by atoms with E-state index in [1.807, 2.05) is 25.2 Å². The van der Waals surface area contributed by atoms with Gasteiger partial charge in [-0.05, 0) is 31.7 Å². The van der Waals surface area contributed by atoms with Gasteiger partial charge in [-0.1, -0.05) is 6.07 Å². The maximum Gasteiger partial charge on any atom is 0.268 e. The third-order valence-electron chi connectivity index (χ3n) is 2.73. The molecule has 1 aliphatic heterocycles. The van der Waals surface area contributed by atoms with Crippen LogP contribution in [0.5, 0.6) is 5.75 Å². The van der Waals surface area contributed by atoms with E-state index >= 15 is 0 Å². The zero-order chi connectivity index (χ0) is 12.4. The van der Waals surface area contributed by atoms with Crippen molar-refractivity contribution in [1.29, 1.82) is 0 Å². The highest BCUT2D eigenvalue weighted by Gasteiger charge is 2.30. The van der Waals surface area contributed by atoms with Crippen molar-refractivity contribution in [2.75, 3.05) is 18.0 Å². The van der Waals surface area contributed by atoms with Crippen LogP contribution < -0.4 is 15.0 Å². The first kappa shape index (κ1) is 12.2. The molecule has 1 amide bonds. The summed E-state index contributed by atoms with van der Waals surface area (Å²) in [6.45, 7) is 2.47. The van der Waals surface area contributed by atoms with E-state index < -0.39 is 6.10 Å². The number of benzene rings is 1. The first-order valence-corrected chi connectivity index (χ1v) is 6.02. The van der Waals surface area contributed by atoms with Gasteiger partial charge in [0.2, 0.25) is 0 Å². The molecule has 1 N–H and O–H groups in total. The van der Waals surface area contributed by atoms with Gasteiger partial charge in [0.25, 0.3) is 5.91 Å². The number of halogens is 1. The first-order chi connectivity index (χ1) is 8.17. The van der Waals surface area contributed by atoms with E-state index in [0.717, 1.165) is 17.8 Å². The Kier molecular flexibility index (Phi) is 3.54. The van der Waals surface area contributed by atoms with Crippen LogP contribution in [0.25, 0.3) is 0 Å². The molecule has 1 unspecified atom stereocenters. The van der Waals surface area contributed by atoms with Crippen LogP contribution in [-0.2, 0) is 11.3 Å². The van der Waals surface area contributed by atoms with Crippen LogP contribution in [-0.4, -0.2) is 25.1 Å². The van der Waals surface area contributed by atoms with E-state index in [1.54, 1.807) is 11.8 Å². The van der Waals surface area contributed by atoms with Crippen LogP contribution in [0.4, 0.5) is 5.69 Å². The lowest BCUT2D eigenvalue weighted by Crippen LogP contribution is -2.43. The Hall–Kier alpha value is -1.26.